The smallest absolute Gasteiger partial charge is 0.303 e. The second-order valence-electron chi connectivity index (χ2n) is 15.6. The second-order valence-corrected chi connectivity index (χ2v) is 15.6. The highest BCUT2D eigenvalue weighted by atomic mass is 16.4. The van der Waals surface area contributed by atoms with Gasteiger partial charge in [-0.25, -0.2) is 0 Å². The van der Waals surface area contributed by atoms with Gasteiger partial charge in [-0.15, -0.1) is 0 Å². The van der Waals surface area contributed by atoms with Crippen LogP contribution in [-0.2, 0) is 20.4 Å². The lowest BCUT2D eigenvalue weighted by atomic mass is 9.78. The molecule has 6 heteroatoms. The summed E-state index contributed by atoms with van der Waals surface area (Å²) in [4.78, 5) is 27.1. The van der Waals surface area contributed by atoms with Gasteiger partial charge in [-0.3, -0.25) is 9.59 Å². The number of allylic oxidation sites excluding steroid dienone is 7. The Balaban J connectivity index is 1.21. The van der Waals surface area contributed by atoms with Gasteiger partial charge in [-0.1, -0.05) is 138 Å². The Morgan fingerprint density at radius 3 is 1.81 bits per heavy atom. The van der Waals surface area contributed by atoms with Crippen molar-refractivity contribution < 1.29 is 19.8 Å². The van der Waals surface area contributed by atoms with E-state index in [0.717, 1.165) is 38.8 Å². The highest BCUT2D eigenvalue weighted by Crippen LogP contribution is 2.51. The number of unbranched alkanes of at least 4 members (excludes halogenated alkanes) is 4. The van der Waals surface area contributed by atoms with Crippen LogP contribution in [0.3, 0.4) is 0 Å². The Kier molecular flexibility index (Phi) is 11.6. The normalized spacial score (nSPS) is 18.3. The molecular weight excluding hydrogens is 657 g/mol. The summed E-state index contributed by atoms with van der Waals surface area (Å²) in [6.45, 7) is 11.0. The zero-order valence-electron chi connectivity index (χ0n) is 31.7. The van der Waals surface area contributed by atoms with Crippen molar-refractivity contribution in [2.75, 3.05) is 22.9 Å². The molecule has 1 unspecified atom stereocenters. The topological polar surface area (TPSA) is 81.1 Å². The fourth-order valence-electron chi connectivity index (χ4n) is 8.71. The van der Waals surface area contributed by atoms with Crippen molar-refractivity contribution in [3.05, 3.63) is 132 Å². The number of aliphatic carboxylic acids is 2. The molecule has 2 aliphatic heterocycles. The molecule has 1 atom stereocenters. The summed E-state index contributed by atoms with van der Waals surface area (Å²) < 4.78 is 0. The van der Waals surface area contributed by atoms with E-state index in [9.17, 15) is 9.59 Å². The van der Waals surface area contributed by atoms with Crippen molar-refractivity contribution in [1.29, 1.82) is 0 Å². The van der Waals surface area contributed by atoms with Gasteiger partial charge in [0.1, 0.15) is 0 Å². The van der Waals surface area contributed by atoms with E-state index in [1.807, 2.05) is 0 Å². The van der Waals surface area contributed by atoms with Crippen LogP contribution in [0.5, 0.6) is 0 Å². The highest BCUT2D eigenvalue weighted by molar-refractivity contribution is 5.95. The molecule has 0 aromatic heterocycles. The molecule has 4 aromatic rings. The van der Waals surface area contributed by atoms with E-state index in [4.69, 9.17) is 10.2 Å². The maximum absolute atomic E-state index is 11.1. The van der Waals surface area contributed by atoms with Crippen molar-refractivity contribution in [2.24, 2.45) is 0 Å². The van der Waals surface area contributed by atoms with Gasteiger partial charge >= 0.3 is 11.9 Å². The van der Waals surface area contributed by atoms with Crippen LogP contribution in [0.1, 0.15) is 90.2 Å². The molecule has 0 saturated carbocycles. The minimum atomic E-state index is -0.731. The molecule has 0 spiro atoms. The molecule has 4 aromatic carbocycles. The number of fused-ring (bicyclic) bond motifs is 6. The molecule has 6 nitrogen and oxygen atoms in total. The first kappa shape index (κ1) is 37.7. The summed E-state index contributed by atoms with van der Waals surface area (Å²) in [5.41, 5.74) is 6.17. The van der Waals surface area contributed by atoms with Crippen molar-refractivity contribution in [3.8, 4) is 0 Å². The molecule has 0 bridgehead atoms. The molecule has 0 aliphatic carbocycles. The SMILES string of the molecule is CC1(C)\C(=C/C=C/C=C/C=C/C2N(CCCCCC(=O)O)c3ccc4ccccc4c3C2(C)C)N(CCCCCC(=O)O)c2ccc3ccccc3c21. The Bertz CT molecular complexity index is 2090. The Hall–Kier alpha value is -5.10. The molecule has 6 rings (SSSR count). The van der Waals surface area contributed by atoms with Crippen LogP contribution in [0.4, 0.5) is 11.4 Å². The third kappa shape index (κ3) is 7.97. The Labute approximate surface area is 314 Å². The molecule has 0 radical (unpaired) electrons. The molecule has 276 valence electrons. The quantitative estimate of drug-likeness (QED) is 0.0890. The van der Waals surface area contributed by atoms with Gasteiger partial charge < -0.3 is 20.0 Å². The number of carboxylic acids is 2. The Morgan fingerprint density at radius 2 is 1.17 bits per heavy atom. The van der Waals surface area contributed by atoms with E-state index in [2.05, 4.69) is 153 Å². The first-order valence-electron chi connectivity index (χ1n) is 19.3. The minimum absolute atomic E-state index is 0.119. The summed E-state index contributed by atoms with van der Waals surface area (Å²) >= 11 is 0. The third-order valence-corrected chi connectivity index (χ3v) is 11.2. The summed E-state index contributed by atoms with van der Waals surface area (Å²) in [6, 6.07) is 26.4. The number of nitrogens with zero attached hydrogens (tertiary/aromatic N) is 2. The van der Waals surface area contributed by atoms with E-state index in [-0.39, 0.29) is 29.7 Å². The van der Waals surface area contributed by atoms with Crippen molar-refractivity contribution in [2.45, 2.75) is 95.9 Å². The van der Waals surface area contributed by atoms with Gasteiger partial charge in [0.05, 0.1) is 6.04 Å². The molecule has 0 amide bonds. The van der Waals surface area contributed by atoms with E-state index in [1.54, 1.807) is 0 Å². The fraction of sp³-hybridized carbons (Fsp3) is 0.362. The average Bonchev–Trinajstić information content (AvgIpc) is 3.49. The van der Waals surface area contributed by atoms with E-state index < -0.39 is 11.9 Å². The van der Waals surface area contributed by atoms with Gasteiger partial charge in [0.15, 0.2) is 0 Å². The lowest BCUT2D eigenvalue weighted by molar-refractivity contribution is -0.138. The average molecular weight is 711 g/mol. The lowest BCUT2D eigenvalue weighted by Crippen LogP contribution is -2.40. The first-order chi connectivity index (χ1) is 25.5. The van der Waals surface area contributed by atoms with Crippen LogP contribution in [0.15, 0.2) is 121 Å². The summed E-state index contributed by atoms with van der Waals surface area (Å²) in [5, 5.41) is 23.3. The van der Waals surface area contributed by atoms with E-state index >= 15 is 0 Å². The summed E-state index contributed by atoms with van der Waals surface area (Å²) in [7, 11) is 0. The molecule has 2 aliphatic rings. The maximum atomic E-state index is 11.1. The molecule has 0 saturated heterocycles. The van der Waals surface area contributed by atoms with Crippen LogP contribution >= 0.6 is 0 Å². The molecule has 53 heavy (non-hydrogen) atoms. The maximum Gasteiger partial charge on any atom is 0.303 e. The van der Waals surface area contributed by atoms with Gasteiger partial charge in [0.25, 0.3) is 0 Å². The Morgan fingerprint density at radius 1 is 0.623 bits per heavy atom. The van der Waals surface area contributed by atoms with Crippen molar-refractivity contribution in [3.63, 3.8) is 0 Å². The predicted octanol–water partition coefficient (Wildman–Crippen LogP) is 11.1. The zero-order valence-corrected chi connectivity index (χ0v) is 31.7. The number of rotatable bonds is 16. The van der Waals surface area contributed by atoms with E-state index in [1.165, 1.54) is 49.7 Å². The van der Waals surface area contributed by atoms with Crippen LogP contribution in [0, 0.1) is 0 Å². The number of carbonyl (C=O) groups is 2. The summed E-state index contributed by atoms with van der Waals surface area (Å²) in [5.74, 6) is -1.46. The first-order valence-corrected chi connectivity index (χ1v) is 19.3. The largest absolute Gasteiger partial charge is 0.481 e. The molecule has 0 fully saturated rings. The van der Waals surface area contributed by atoms with Crippen LogP contribution in [-0.4, -0.2) is 41.3 Å². The second kappa shape index (κ2) is 16.3. The number of anilines is 2. The minimum Gasteiger partial charge on any atom is -0.481 e. The monoisotopic (exact) mass is 710 g/mol. The van der Waals surface area contributed by atoms with Gasteiger partial charge in [0, 0.05) is 53.8 Å². The van der Waals surface area contributed by atoms with Gasteiger partial charge in [-0.05, 0) is 76.6 Å². The number of carboxylic acid groups (broad SMARTS) is 2. The highest BCUT2D eigenvalue weighted by Gasteiger charge is 2.44. The molecule has 2 heterocycles. The standard InChI is InChI=1S/C47H54N2O4/c1-46(2)40(48(32-18-8-12-26-42(50)51)38-30-28-34-20-14-16-22-36(34)44(38)46)24-10-6-5-7-11-25-41-47(3,4)45-37-23-17-15-21-35(37)29-31-39(45)49(41)33-19-9-13-27-43(52)53/h5-7,10-11,14-17,20-25,28-31,40H,8-9,12-13,18-19,26-27,32-33H2,1-4H3,(H,50,51)(H,52,53)/b6-5+,11-7+,24-10+,41-25+. The van der Waals surface area contributed by atoms with Gasteiger partial charge in [-0.2, -0.15) is 0 Å². The van der Waals surface area contributed by atoms with Crippen LogP contribution < -0.4 is 9.80 Å². The fourth-order valence-corrected chi connectivity index (χ4v) is 8.71. The number of hydrogen-bond donors (Lipinski definition) is 2. The van der Waals surface area contributed by atoms with E-state index in [0.29, 0.717) is 12.8 Å². The lowest BCUT2D eigenvalue weighted by Gasteiger charge is -2.32. The third-order valence-electron chi connectivity index (χ3n) is 11.2. The number of benzene rings is 4. The van der Waals surface area contributed by atoms with Crippen LogP contribution in [0.2, 0.25) is 0 Å². The zero-order chi connectivity index (χ0) is 37.6. The number of hydrogen-bond acceptors (Lipinski definition) is 4. The van der Waals surface area contributed by atoms with Crippen LogP contribution in [0.25, 0.3) is 21.5 Å². The summed E-state index contributed by atoms with van der Waals surface area (Å²) in [6.07, 6.45) is 20.7. The van der Waals surface area contributed by atoms with Gasteiger partial charge in [0.2, 0.25) is 0 Å². The van der Waals surface area contributed by atoms with Crippen molar-refractivity contribution >= 4 is 44.9 Å². The van der Waals surface area contributed by atoms with Crippen molar-refractivity contribution in [1.82, 2.24) is 0 Å². The predicted molar refractivity (Wildman–Crippen MR) is 220 cm³/mol. The molecular formula is C47H54N2O4. The molecule has 2 N–H and O–H groups in total.